The van der Waals surface area contributed by atoms with E-state index in [1.165, 1.54) is 0 Å². The smallest absolute Gasteiger partial charge is 0.269 e. The zero-order valence-electron chi connectivity index (χ0n) is 15.3. The van der Waals surface area contributed by atoms with E-state index >= 15 is 0 Å². The third-order valence-electron chi connectivity index (χ3n) is 4.59. The Hall–Kier alpha value is -4.25. The summed E-state index contributed by atoms with van der Waals surface area (Å²) < 4.78 is 1.75. The van der Waals surface area contributed by atoms with Gasteiger partial charge in [-0.3, -0.25) is 4.98 Å². The Morgan fingerprint density at radius 3 is 2.86 bits per heavy atom. The summed E-state index contributed by atoms with van der Waals surface area (Å²) >= 11 is 0. The molecule has 8 nitrogen and oxygen atoms in total. The Balaban J connectivity index is 1.46. The average Bonchev–Trinajstić information content (AvgIpc) is 3.16. The van der Waals surface area contributed by atoms with Gasteiger partial charge in [0, 0.05) is 18.0 Å². The number of aromatic nitrogens is 7. The fourth-order valence-corrected chi connectivity index (χ4v) is 3.22. The summed E-state index contributed by atoms with van der Waals surface area (Å²) in [6.07, 6.45) is 5.67. The first-order valence-electron chi connectivity index (χ1n) is 9.00. The van der Waals surface area contributed by atoms with Crippen LogP contribution in [0.2, 0.25) is 0 Å². The van der Waals surface area contributed by atoms with Crippen molar-refractivity contribution in [2.45, 2.75) is 13.0 Å². The summed E-state index contributed by atoms with van der Waals surface area (Å²) in [5.41, 5.74) is 4.92. The molecule has 138 valence electrons. The molecule has 5 rings (SSSR count). The third-order valence-corrected chi connectivity index (χ3v) is 4.59. The SMILES string of the molecule is [C-]#[N+]c1cc(Cc2cnc3nnn(Cc4ccc5ncccc5c4)c3n2)ccn1. The van der Waals surface area contributed by atoms with Crippen LogP contribution in [0.4, 0.5) is 5.82 Å². The molecule has 0 aliphatic rings. The second-order valence-corrected chi connectivity index (χ2v) is 6.60. The second kappa shape index (κ2) is 7.05. The largest absolute Gasteiger partial charge is 0.361 e. The Kier molecular flexibility index (Phi) is 4.11. The van der Waals surface area contributed by atoms with Gasteiger partial charge >= 0.3 is 0 Å². The Morgan fingerprint density at radius 2 is 1.93 bits per heavy atom. The van der Waals surface area contributed by atoms with Crippen molar-refractivity contribution >= 4 is 28.0 Å². The topological polar surface area (TPSA) is 86.6 Å². The van der Waals surface area contributed by atoms with Crippen LogP contribution in [0.3, 0.4) is 0 Å². The summed E-state index contributed by atoms with van der Waals surface area (Å²) in [5, 5.41) is 9.43. The van der Waals surface area contributed by atoms with Gasteiger partial charge in [0.25, 0.3) is 5.82 Å². The molecule has 1 aromatic carbocycles. The van der Waals surface area contributed by atoms with Crippen molar-refractivity contribution in [2.75, 3.05) is 0 Å². The van der Waals surface area contributed by atoms with Gasteiger partial charge in [0.2, 0.25) is 5.65 Å². The van der Waals surface area contributed by atoms with Gasteiger partial charge in [-0.15, -0.1) is 10.1 Å². The molecule has 8 heteroatoms. The maximum absolute atomic E-state index is 7.10. The highest BCUT2D eigenvalue weighted by Gasteiger charge is 2.11. The lowest BCUT2D eigenvalue weighted by Crippen LogP contribution is -2.04. The van der Waals surface area contributed by atoms with Gasteiger partial charge < -0.3 is 4.85 Å². The molecule has 4 heterocycles. The molecule has 0 aliphatic carbocycles. The Labute approximate surface area is 165 Å². The molecule has 0 bridgehead atoms. The van der Waals surface area contributed by atoms with Crippen molar-refractivity contribution in [1.29, 1.82) is 0 Å². The van der Waals surface area contributed by atoms with Crippen LogP contribution in [0.15, 0.2) is 61.1 Å². The molecule has 0 fully saturated rings. The van der Waals surface area contributed by atoms with Crippen molar-refractivity contribution in [3.63, 3.8) is 0 Å². The molecule has 0 atom stereocenters. The molecule has 0 radical (unpaired) electrons. The van der Waals surface area contributed by atoms with Gasteiger partial charge in [-0.25, -0.2) is 14.6 Å². The number of nitrogens with zero attached hydrogens (tertiary/aromatic N) is 8. The second-order valence-electron chi connectivity index (χ2n) is 6.60. The minimum absolute atomic E-state index is 0.369. The fourth-order valence-electron chi connectivity index (χ4n) is 3.22. The molecule has 0 N–H and O–H groups in total. The summed E-state index contributed by atoms with van der Waals surface area (Å²) in [6, 6.07) is 13.7. The zero-order chi connectivity index (χ0) is 19.6. The van der Waals surface area contributed by atoms with E-state index in [9.17, 15) is 0 Å². The van der Waals surface area contributed by atoms with E-state index in [4.69, 9.17) is 11.6 Å². The van der Waals surface area contributed by atoms with Crippen LogP contribution in [0.25, 0.3) is 27.0 Å². The molecule has 0 unspecified atom stereocenters. The van der Waals surface area contributed by atoms with E-state index in [-0.39, 0.29) is 0 Å². The van der Waals surface area contributed by atoms with Crippen molar-refractivity contribution in [3.05, 3.63) is 89.3 Å². The van der Waals surface area contributed by atoms with E-state index in [1.54, 1.807) is 29.3 Å². The minimum Gasteiger partial charge on any atom is -0.361 e. The number of fused-ring (bicyclic) bond motifs is 2. The van der Waals surface area contributed by atoms with Crippen molar-refractivity contribution < 1.29 is 0 Å². The van der Waals surface area contributed by atoms with E-state index in [1.807, 2.05) is 30.3 Å². The molecular formula is C21H14N8. The summed E-state index contributed by atoms with van der Waals surface area (Å²) in [5.74, 6) is 0.369. The van der Waals surface area contributed by atoms with Crippen molar-refractivity contribution in [2.24, 2.45) is 0 Å². The quantitative estimate of drug-likeness (QED) is 0.446. The van der Waals surface area contributed by atoms with Gasteiger partial charge in [-0.05, 0) is 41.5 Å². The molecule has 0 spiro atoms. The molecule has 29 heavy (non-hydrogen) atoms. The Morgan fingerprint density at radius 1 is 0.966 bits per heavy atom. The normalized spacial score (nSPS) is 11.0. The number of hydrogen-bond acceptors (Lipinski definition) is 6. The Bertz CT molecular complexity index is 1380. The van der Waals surface area contributed by atoms with Crippen LogP contribution in [-0.2, 0) is 13.0 Å². The van der Waals surface area contributed by atoms with Gasteiger partial charge in [-0.2, -0.15) is 0 Å². The van der Waals surface area contributed by atoms with E-state index in [2.05, 4.69) is 36.2 Å². The number of rotatable bonds is 4. The monoisotopic (exact) mass is 378 g/mol. The maximum Gasteiger partial charge on any atom is 0.269 e. The first-order chi connectivity index (χ1) is 14.3. The standard InChI is InChI=1S/C21H14N8/c1-22-19-11-14(6-8-24-19)10-17-12-25-20-21(26-17)29(28-27-20)13-15-4-5-18-16(9-15)3-2-7-23-18/h2-9,11-12H,10,13H2. The first-order valence-corrected chi connectivity index (χ1v) is 9.00. The lowest BCUT2D eigenvalue weighted by molar-refractivity contribution is 0.663. The van der Waals surface area contributed by atoms with Crippen molar-refractivity contribution in [3.8, 4) is 0 Å². The molecule has 0 amide bonds. The zero-order valence-corrected chi connectivity index (χ0v) is 15.3. The predicted molar refractivity (Wildman–Crippen MR) is 107 cm³/mol. The van der Waals surface area contributed by atoms with Gasteiger partial charge in [0.1, 0.15) is 6.20 Å². The van der Waals surface area contributed by atoms with Crippen molar-refractivity contribution in [1.82, 2.24) is 34.9 Å². The molecule has 5 aromatic rings. The molecular weight excluding hydrogens is 364 g/mol. The lowest BCUT2D eigenvalue weighted by atomic mass is 10.1. The maximum atomic E-state index is 7.10. The van der Waals surface area contributed by atoms with Crippen LogP contribution >= 0.6 is 0 Å². The predicted octanol–water partition coefficient (Wildman–Crippen LogP) is 3.35. The molecule has 0 saturated heterocycles. The highest BCUT2D eigenvalue weighted by Crippen LogP contribution is 2.17. The highest BCUT2D eigenvalue weighted by molar-refractivity contribution is 5.79. The van der Waals surface area contributed by atoms with E-state index in [0.29, 0.717) is 30.1 Å². The number of benzene rings is 1. The average molecular weight is 378 g/mol. The van der Waals surface area contributed by atoms with Crippen LogP contribution in [0.5, 0.6) is 0 Å². The van der Waals surface area contributed by atoms with Gasteiger partial charge in [0.05, 0.1) is 24.0 Å². The molecule has 4 aromatic heterocycles. The van der Waals surface area contributed by atoms with Crippen LogP contribution in [-0.4, -0.2) is 34.9 Å². The summed E-state index contributed by atoms with van der Waals surface area (Å²) in [6.45, 7) is 7.64. The fraction of sp³-hybridized carbons (Fsp3) is 0.0952. The minimum atomic E-state index is 0.369. The number of hydrogen-bond donors (Lipinski definition) is 0. The highest BCUT2D eigenvalue weighted by atomic mass is 15.4. The third kappa shape index (κ3) is 3.37. The van der Waals surface area contributed by atoms with Gasteiger partial charge in [0.15, 0.2) is 5.65 Å². The lowest BCUT2D eigenvalue weighted by Gasteiger charge is -2.05. The first kappa shape index (κ1) is 16.9. The molecule has 0 saturated carbocycles. The van der Waals surface area contributed by atoms with Crippen LogP contribution in [0.1, 0.15) is 16.8 Å². The summed E-state index contributed by atoms with van der Waals surface area (Å²) in [7, 11) is 0. The van der Waals surface area contributed by atoms with Gasteiger partial charge in [-0.1, -0.05) is 23.9 Å². The van der Waals surface area contributed by atoms with E-state index in [0.717, 1.165) is 27.7 Å². The number of pyridine rings is 2. The van der Waals surface area contributed by atoms with Crippen LogP contribution in [0, 0.1) is 6.57 Å². The molecule has 0 aliphatic heterocycles. The summed E-state index contributed by atoms with van der Waals surface area (Å²) in [4.78, 5) is 20.8. The van der Waals surface area contributed by atoms with Crippen LogP contribution < -0.4 is 0 Å². The van der Waals surface area contributed by atoms with E-state index < -0.39 is 0 Å².